The van der Waals surface area contributed by atoms with Crippen molar-refractivity contribution in [3.63, 3.8) is 0 Å². The molecule has 0 spiro atoms. The van der Waals surface area contributed by atoms with E-state index in [4.69, 9.17) is 11.6 Å². The maximum atomic E-state index is 5.89. The third-order valence-electron chi connectivity index (χ3n) is 1.87. The topological polar surface area (TPSA) is 12.0 Å². The molecule has 0 heterocycles. The van der Waals surface area contributed by atoms with Crippen molar-refractivity contribution in [2.75, 3.05) is 6.54 Å². The molecule has 0 amide bonds. The number of hydrogen-bond donors (Lipinski definition) is 1. The first-order valence-electron chi connectivity index (χ1n) is 4.92. The van der Waals surface area contributed by atoms with Gasteiger partial charge in [-0.3, -0.25) is 0 Å². The van der Waals surface area contributed by atoms with E-state index >= 15 is 0 Å². The molecular formula is C12H18ClN. The van der Waals surface area contributed by atoms with Crippen molar-refractivity contribution in [1.82, 2.24) is 5.32 Å². The average molecular weight is 212 g/mol. The molecule has 0 aliphatic rings. The van der Waals surface area contributed by atoms with Gasteiger partial charge in [-0.2, -0.15) is 0 Å². The molecule has 78 valence electrons. The molecule has 0 unspecified atom stereocenters. The van der Waals surface area contributed by atoms with Crippen molar-refractivity contribution in [1.29, 1.82) is 0 Å². The summed E-state index contributed by atoms with van der Waals surface area (Å²) in [7, 11) is 0. The predicted octanol–water partition coefficient (Wildman–Crippen LogP) is 3.48. The molecule has 0 saturated carbocycles. The lowest BCUT2D eigenvalue weighted by Gasteiger charge is -2.18. The monoisotopic (exact) mass is 211 g/mol. The quantitative estimate of drug-likeness (QED) is 0.808. The van der Waals surface area contributed by atoms with Crippen molar-refractivity contribution in [3.05, 3.63) is 34.9 Å². The van der Waals surface area contributed by atoms with E-state index in [0.29, 0.717) is 5.41 Å². The molecule has 1 aromatic carbocycles. The fraction of sp³-hybridized carbons (Fsp3) is 0.500. The van der Waals surface area contributed by atoms with Gasteiger partial charge in [0.1, 0.15) is 0 Å². The summed E-state index contributed by atoms with van der Waals surface area (Å²) in [5.74, 6) is 0. The van der Waals surface area contributed by atoms with Crippen LogP contribution in [0.3, 0.4) is 0 Å². The molecule has 0 fully saturated rings. The van der Waals surface area contributed by atoms with Crippen LogP contribution in [0.5, 0.6) is 0 Å². The second kappa shape index (κ2) is 4.81. The molecule has 1 N–H and O–H groups in total. The van der Waals surface area contributed by atoms with Gasteiger partial charge >= 0.3 is 0 Å². The van der Waals surface area contributed by atoms with Crippen LogP contribution in [-0.2, 0) is 6.54 Å². The molecule has 0 atom stereocenters. The Bertz CT molecular complexity index is 289. The van der Waals surface area contributed by atoms with Gasteiger partial charge in [-0.1, -0.05) is 44.5 Å². The van der Waals surface area contributed by atoms with Gasteiger partial charge in [-0.05, 0) is 23.1 Å². The number of benzene rings is 1. The van der Waals surface area contributed by atoms with Gasteiger partial charge in [-0.15, -0.1) is 0 Å². The van der Waals surface area contributed by atoms with E-state index in [1.807, 2.05) is 18.2 Å². The van der Waals surface area contributed by atoms with Crippen LogP contribution in [0.15, 0.2) is 24.3 Å². The van der Waals surface area contributed by atoms with Crippen LogP contribution in [0, 0.1) is 5.41 Å². The van der Waals surface area contributed by atoms with Crippen LogP contribution in [0.2, 0.25) is 5.02 Å². The maximum absolute atomic E-state index is 5.89. The highest BCUT2D eigenvalue weighted by molar-refractivity contribution is 6.30. The minimum atomic E-state index is 0.332. The summed E-state index contributed by atoms with van der Waals surface area (Å²) in [6.07, 6.45) is 0. The lowest BCUT2D eigenvalue weighted by atomic mass is 9.97. The Balaban J connectivity index is 2.39. The Labute approximate surface area is 91.5 Å². The van der Waals surface area contributed by atoms with Crippen LogP contribution < -0.4 is 5.32 Å². The molecule has 0 radical (unpaired) electrons. The summed E-state index contributed by atoms with van der Waals surface area (Å²) in [4.78, 5) is 0. The van der Waals surface area contributed by atoms with Crippen LogP contribution in [-0.4, -0.2) is 6.54 Å². The third kappa shape index (κ3) is 4.64. The molecule has 1 aromatic rings. The van der Waals surface area contributed by atoms with Crippen LogP contribution in [0.4, 0.5) is 0 Å². The van der Waals surface area contributed by atoms with Crippen molar-refractivity contribution < 1.29 is 0 Å². The highest BCUT2D eigenvalue weighted by atomic mass is 35.5. The van der Waals surface area contributed by atoms with Crippen molar-refractivity contribution in [2.45, 2.75) is 27.3 Å². The van der Waals surface area contributed by atoms with E-state index in [2.05, 4.69) is 32.2 Å². The van der Waals surface area contributed by atoms with E-state index in [1.54, 1.807) is 0 Å². The van der Waals surface area contributed by atoms with Gasteiger partial charge in [0.05, 0.1) is 0 Å². The first kappa shape index (κ1) is 11.5. The van der Waals surface area contributed by atoms with Gasteiger partial charge in [0.15, 0.2) is 0 Å². The molecule has 2 heteroatoms. The molecule has 0 aromatic heterocycles. The van der Waals surface area contributed by atoms with Gasteiger partial charge in [0.2, 0.25) is 0 Å². The normalized spacial score (nSPS) is 11.7. The Hall–Kier alpha value is -0.530. The third-order valence-corrected chi connectivity index (χ3v) is 2.11. The number of hydrogen-bond acceptors (Lipinski definition) is 1. The van der Waals surface area contributed by atoms with E-state index in [0.717, 1.165) is 18.1 Å². The summed E-state index contributed by atoms with van der Waals surface area (Å²) in [5.41, 5.74) is 1.57. The van der Waals surface area contributed by atoms with E-state index < -0.39 is 0 Å². The SMILES string of the molecule is CC(C)(C)CNCc1cccc(Cl)c1. The Morgan fingerprint density at radius 2 is 2.00 bits per heavy atom. The maximum Gasteiger partial charge on any atom is 0.0409 e. The number of nitrogens with one attached hydrogen (secondary N) is 1. The lowest BCUT2D eigenvalue weighted by molar-refractivity contribution is 0.379. The van der Waals surface area contributed by atoms with Crippen molar-refractivity contribution >= 4 is 11.6 Å². The minimum Gasteiger partial charge on any atom is -0.312 e. The predicted molar refractivity (Wildman–Crippen MR) is 62.6 cm³/mol. The van der Waals surface area contributed by atoms with Crippen molar-refractivity contribution in [3.8, 4) is 0 Å². The van der Waals surface area contributed by atoms with E-state index in [1.165, 1.54) is 5.56 Å². The zero-order valence-corrected chi connectivity index (χ0v) is 9.86. The second-order valence-corrected chi connectivity index (χ2v) is 5.23. The van der Waals surface area contributed by atoms with E-state index in [-0.39, 0.29) is 0 Å². The summed E-state index contributed by atoms with van der Waals surface area (Å²) in [6.45, 7) is 8.56. The molecule has 0 saturated heterocycles. The smallest absolute Gasteiger partial charge is 0.0409 e. The Morgan fingerprint density at radius 1 is 1.29 bits per heavy atom. The summed E-state index contributed by atoms with van der Waals surface area (Å²) >= 11 is 5.89. The van der Waals surface area contributed by atoms with Crippen LogP contribution in [0.1, 0.15) is 26.3 Å². The van der Waals surface area contributed by atoms with Crippen LogP contribution >= 0.6 is 11.6 Å². The highest BCUT2D eigenvalue weighted by Crippen LogP contribution is 2.12. The second-order valence-electron chi connectivity index (χ2n) is 4.79. The number of halogens is 1. The van der Waals surface area contributed by atoms with Gasteiger partial charge in [-0.25, -0.2) is 0 Å². The molecule has 1 nitrogen and oxygen atoms in total. The van der Waals surface area contributed by atoms with Crippen molar-refractivity contribution in [2.24, 2.45) is 5.41 Å². The molecule has 0 aliphatic heterocycles. The number of rotatable bonds is 3. The summed E-state index contributed by atoms with van der Waals surface area (Å²) < 4.78 is 0. The fourth-order valence-corrected chi connectivity index (χ4v) is 1.44. The Kier molecular flexibility index (Phi) is 3.97. The van der Waals surface area contributed by atoms with Gasteiger partial charge in [0.25, 0.3) is 0 Å². The lowest BCUT2D eigenvalue weighted by Crippen LogP contribution is -2.26. The molecule has 0 aliphatic carbocycles. The first-order chi connectivity index (χ1) is 6.47. The zero-order chi connectivity index (χ0) is 10.6. The average Bonchev–Trinajstić information content (AvgIpc) is 2.01. The van der Waals surface area contributed by atoms with Gasteiger partial charge < -0.3 is 5.32 Å². The zero-order valence-electron chi connectivity index (χ0n) is 9.10. The standard InChI is InChI=1S/C12H18ClN/c1-12(2,3)9-14-8-10-5-4-6-11(13)7-10/h4-7,14H,8-9H2,1-3H3. The first-order valence-corrected chi connectivity index (χ1v) is 5.30. The molecule has 1 rings (SSSR count). The minimum absolute atomic E-state index is 0.332. The highest BCUT2D eigenvalue weighted by Gasteiger charge is 2.08. The molecule has 14 heavy (non-hydrogen) atoms. The molecule has 0 bridgehead atoms. The van der Waals surface area contributed by atoms with E-state index in [9.17, 15) is 0 Å². The summed E-state index contributed by atoms with van der Waals surface area (Å²) in [5, 5.41) is 4.22. The fourth-order valence-electron chi connectivity index (χ4n) is 1.23. The van der Waals surface area contributed by atoms with Gasteiger partial charge in [0, 0.05) is 18.1 Å². The molecular weight excluding hydrogens is 194 g/mol. The Morgan fingerprint density at radius 3 is 2.57 bits per heavy atom. The van der Waals surface area contributed by atoms with Crippen LogP contribution in [0.25, 0.3) is 0 Å². The summed E-state index contributed by atoms with van der Waals surface area (Å²) in [6, 6.07) is 7.96. The largest absolute Gasteiger partial charge is 0.312 e.